The van der Waals surface area contributed by atoms with E-state index in [1.54, 1.807) is 0 Å². The highest BCUT2D eigenvalue weighted by molar-refractivity contribution is 6.33. The molecule has 1 aromatic rings. The Morgan fingerprint density at radius 2 is 2.26 bits per heavy atom. The van der Waals surface area contributed by atoms with Crippen LogP contribution in [0.1, 0.15) is 26.7 Å². The Hall–Kier alpha value is -0.930. The fourth-order valence-corrected chi connectivity index (χ4v) is 2.69. The van der Waals surface area contributed by atoms with Crippen LogP contribution in [0.2, 0.25) is 5.02 Å². The molecule has 0 aliphatic carbocycles. The molecular weight excluding hydrogens is 258 g/mol. The van der Waals surface area contributed by atoms with Gasteiger partial charge in [-0.15, -0.1) is 0 Å². The van der Waals surface area contributed by atoms with Crippen LogP contribution in [0, 0.1) is 5.92 Å². The van der Waals surface area contributed by atoms with Crippen molar-refractivity contribution in [1.29, 1.82) is 0 Å². The van der Waals surface area contributed by atoms with Gasteiger partial charge in [-0.3, -0.25) is 0 Å². The summed E-state index contributed by atoms with van der Waals surface area (Å²) in [6.45, 7) is 7.76. The molecule has 2 rings (SSSR count). The summed E-state index contributed by atoms with van der Waals surface area (Å²) >= 11 is 6.16. The standard InChI is InChI=1S/C15H24ClN3/c1-11(2)6-8-19(13-5-7-18-10-13)12-3-4-15(17)14(16)9-12/h3-4,9,11,13,18H,5-8,10,17H2,1-2H3/t13-/m0/s1. The van der Waals surface area contributed by atoms with Crippen molar-refractivity contribution in [2.75, 3.05) is 30.3 Å². The average molecular weight is 282 g/mol. The predicted octanol–water partition coefficient (Wildman–Crippen LogP) is 3.14. The summed E-state index contributed by atoms with van der Waals surface area (Å²) in [6, 6.07) is 6.55. The first kappa shape index (κ1) is 14.5. The zero-order valence-corrected chi connectivity index (χ0v) is 12.6. The Kier molecular flexibility index (Phi) is 4.94. The van der Waals surface area contributed by atoms with E-state index in [9.17, 15) is 0 Å². The number of rotatable bonds is 5. The number of hydrogen-bond donors (Lipinski definition) is 2. The molecule has 1 fully saturated rings. The number of hydrogen-bond acceptors (Lipinski definition) is 3. The van der Waals surface area contributed by atoms with Crippen LogP contribution < -0.4 is 16.0 Å². The van der Waals surface area contributed by atoms with Crippen LogP contribution in [0.25, 0.3) is 0 Å². The zero-order chi connectivity index (χ0) is 13.8. The van der Waals surface area contributed by atoms with Crippen molar-refractivity contribution in [1.82, 2.24) is 5.32 Å². The van der Waals surface area contributed by atoms with Gasteiger partial charge in [0.2, 0.25) is 0 Å². The Labute approximate surface area is 121 Å². The Morgan fingerprint density at radius 1 is 1.47 bits per heavy atom. The predicted molar refractivity (Wildman–Crippen MR) is 83.9 cm³/mol. The second-order valence-electron chi connectivity index (χ2n) is 5.73. The zero-order valence-electron chi connectivity index (χ0n) is 11.8. The second-order valence-corrected chi connectivity index (χ2v) is 6.14. The molecule has 0 unspecified atom stereocenters. The van der Waals surface area contributed by atoms with Crippen LogP contribution in [0.15, 0.2) is 18.2 Å². The molecule has 1 aliphatic rings. The first-order valence-electron chi connectivity index (χ1n) is 7.10. The minimum Gasteiger partial charge on any atom is -0.398 e. The largest absolute Gasteiger partial charge is 0.398 e. The SMILES string of the molecule is CC(C)CCN(c1ccc(N)c(Cl)c1)[C@H]1CCNC1. The highest BCUT2D eigenvalue weighted by Crippen LogP contribution is 2.28. The maximum atomic E-state index is 6.16. The third-order valence-corrected chi connectivity index (χ3v) is 4.07. The summed E-state index contributed by atoms with van der Waals surface area (Å²) in [5.41, 5.74) is 7.64. The number of benzene rings is 1. The van der Waals surface area contributed by atoms with Crippen LogP contribution in [0.4, 0.5) is 11.4 Å². The summed E-state index contributed by atoms with van der Waals surface area (Å²) in [5, 5.41) is 4.09. The molecule has 1 aromatic carbocycles. The lowest BCUT2D eigenvalue weighted by Gasteiger charge is -2.31. The van der Waals surface area contributed by atoms with Gasteiger partial charge in [-0.05, 0) is 43.5 Å². The Balaban J connectivity index is 2.17. The van der Waals surface area contributed by atoms with Gasteiger partial charge >= 0.3 is 0 Å². The normalized spacial score (nSPS) is 19.1. The van der Waals surface area contributed by atoms with E-state index in [1.165, 1.54) is 18.5 Å². The van der Waals surface area contributed by atoms with E-state index in [-0.39, 0.29) is 0 Å². The van der Waals surface area contributed by atoms with Crippen molar-refractivity contribution in [2.45, 2.75) is 32.7 Å². The first-order valence-corrected chi connectivity index (χ1v) is 7.48. The van der Waals surface area contributed by atoms with E-state index >= 15 is 0 Å². The molecule has 0 saturated carbocycles. The van der Waals surface area contributed by atoms with Crippen molar-refractivity contribution in [3.63, 3.8) is 0 Å². The second kappa shape index (κ2) is 6.49. The number of anilines is 2. The lowest BCUT2D eigenvalue weighted by Crippen LogP contribution is -2.38. The monoisotopic (exact) mass is 281 g/mol. The van der Waals surface area contributed by atoms with Crippen molar-refractivity contribution in [3.05, 3.63) is 23.2 Å². The van der Waals surface area contributed by atoms with Crippen LogP contribution in [0.3, 0.4) is 0 Å². The van der Waals surface area contributed by atoms with Crippen molar-refractivity contribution in [3.8, 4) is 0 Å². The van der Waals surface area contributed by atoms with Crippen LogP contribution in [-0.4, -0.2) is 25.7 Å². The van der Waals surface area contributed by atoms with Crippen LogP contribution in [0.5, 0.6) is 0 Å². The van der Waals surface area contributed by atoms with Gasteiger partial charge in [0.1, 0.15) is 0 Å². The van der Waals surface area contributed by atoms with Gasteiger partial charge in [-0.25, -0.2) is 0 Å². The maximum absolute atomic E-state index is 6.16. The van der Waals surface area contributed by atoms with Gasteiger partial charge in [0.05, 0.1) is 10.7 Å². The molecule has 3 N–H and O–H groups in total. The third kappa shape index (κ3) is 3.77. The summed E-state index contributed by atoms with van der Waals surface area (Å²) in [7, 11) is 0. The summed E-state index contributed by atoms with van der Waals surface area (Å²) in [5.74, 6) is 0.709. The van der Waals surface area contributed by atoms with Gasteiger partial charge in [0.15, 0.2) is 0 Å². The summed E-state index contributed by atoms with van der Waals surface area (Å²) in [4.78, 5) is 2.48. The summed E-state index contributed by atoms with van der Waals surface area (Å²) < 4.78 is 0. The maximum Gasteiger partial charge on any atom is 0.0656 e. The van der Waals surface area contributed by atoms with E-state index in [0.717, 1.165) is 19.6 Å². The van der Waals surface area contributed by atoms with E-state index in [4.69, 9.17) is 17.3 Å². The van der Waals surface area contributed by atoms with Gasteiger partial charge in [-0.2, -0.15) is 0 Å². The minimum absolute atomic E-state index is 0.568. The quantitative estimate of drug-likeness (QED) is 0.815. The lowest BCUT2D eigenvalue weighted by molar-refractivity contribution is 0.538. The molecule has 1 aliphatic heterocycles. The van der Waals surface area contributed by atoms with Gasteiger partial charge in [0, 0.05) is 24.8 Å². The smallest absolute Gasteiger partial charge is 0.0656 e. The van der Waals surface area contributed by atoms with Crippen molar-refractivity contribution < 1.29 is 0 Å². The minimum atomic E-state index is 0.568. The molecule has 0 spiro atoms. The number of nitrogen functional groups attached to an aromatic ring is 1. The molecule has 19 heavy (non-hydrogen) atoms. The Bertz CT molecular complexity index is 414. The molecule has 106 valence electrons. The van der Waals surface area contributed by atoms with Crippen molar-refractivity contribution in [2.24, 2.45) is 5.92 Å². The van der Waals surface area contributed by atoms with E-state index in [0.29, 0.717) is 22.7 Å². The van der Waals surface area contributed by atoms with Gasteiger partial charge < -0.3 is 16.0 Å². The lowest BCUT2D eigenvalue weighted by atomic mass is 10.1. The van der Waals surface area contributed by atoms with Crippen LogP contribution in [-0.2, 0) is 0 Å². The molecule has 0 bridgehead atoms. The fourth-order valence-electron chi connectivity index (χ4n) is 2.52. The average Bonchev–Trinajstić information content (AvgIpc) is 2.87. The number of nitrogens with zero attached hydrogens (tertiary/aromatic N) is 1. The molecule has 1 atom stereocenters. The summed E-state index contributed by atoms with van der Waals surface area (Å²) in [6.07, 6.45) is 2.39. The van der Waals surface area contributed by atoms with E-state index in [1.807, 2.05) is 12.1 Å². The van der Waals surface area contributed by atoms with Gasteiger partial charge in [-0.1, -0.05) is 25.4 Å². The number of nitrogens with two attached hydrogens (primary N) is 1. The number of nitrogens with one attached hydrogen (secondary N) is 1. The molecule has 1 heterocycles. The molecule has 0 aromatic heterocycles. The Morgan fingerprint density at radius 3 is 2.84 bits per heavy atom. The van der Waals surface area contributed by atoms with Gasteiger partial charge in [0.25, 0.3) is 0 Å². The third-order valence-electron chi connectivity index (χ3n) is 3.74. The highest BCUT2D eigenvalue weighted by atomic mass is 35.5. The van der Waals surface area contributed by atoms with E-state index < -0.39 is 0 Å². The number of halogens is 1. The molecule has 1 saturated heterocycles. The molecular formula is C15H24ClN3. The van der Waals surface area contributed by atoms with Crippen molar-refractivity contribution >= 4 is 23.0 Å². The molecule has 4 heteroatoms. The van der Waals surface area contributed by atoms with E-state index in [2.05, 4.69) is 30.1 Å². The molecule has 0 radical (unpaired) electrons. The first-order chi connectivity index (χ1) is 9.08. The molecule has 0 amide bonds. The highest BCUT2D eigenvalue weighted by Gasteiger charge is 2.23. The fraction of sp³-hybridized carbons (Fsp3) is 0.600. The molecule has 3 nitrogen and oxygen atoms in total. The van der Waals surface area contributed by atoms with Crippen LogP contribution >= 0.6 is 11.6 Å². The topological polar surface area (TPSA) is 41.3 Å².